The Morgan fingerprint density at radius 1 is 1.12 bits per heavy atom. The summed E-state index contributed by atoms with van der Waals surface area (Å²) in [7, 11) is -3.95. The van der Waals surface area contributed by atoms with E-state index < -0.39 is 34.3 Å². The van der Waals surface area contributed by atoms with E-state index in [9.17, 15) is 22.4 Å². The van der Waals surface area contributed by atoms with Crippen LogP contribution in [0.3, 0.4) is 0 Å². The lowest BCUT2D eigenvalue weighted by molar-refractivity contribution is -0.140. The molecule has 0 fully saturated rings. The minimum Gasteiger partial charge on any atom is -0.352 e. The molecule has 2 aromatic carbocycles. The van der Waals surface area contributed by atoms with Crippen molar-refractivity contribution >= 4 is 50.7 Å². The smallest absolute Gasteiger partial charge is 0.244 e. The topological polar surface area (TPSA) is 86.8 Å². The van der Waals surface area contributed by atoms with Crippen LogP contribution in [0.2, 0.25) is 10.0 Å². The van der Waals surface area contributed by atoms with Crippen molar-refractivity contribution in [3.05, 3.63) is 63.9 Å². The van der Waals surface area contributed by atoms with Gasteiger partial charge in [0.1, 0.15) is 18.4 Å². The van der Waals surface area contributed by atoms with Gasteiger partial charge in [-0.05, 0) is 56.2 Å². The van der Waals surface area contributed by atoms with Gasteiger partial charge in [0.05, 0.1) is 11.9 Å². The molecule has 0 aliphatic carbocycles. The number of carbonyl (C=O) groups excluding carboxylic acids is 2. The highest BCUT2D eigenvalue weighted by atomic mass is 35.5. The quantitative estimate of drug-likeness (QED) is 0.496. The highest BCUT2D eigenvalue weighted by Crippen LogP contribution is 2.25. The van der Waals surface area contributed by atoms with Crippen LogP contribution in [0.4, 0.5) is 10.1 Å². The first kappa shape index (κ1) is 27.9. The number of anilines is 1. The molecule has 0 radical (unpaired) electrons. The third-order valence-corrected chi connectivity index (χ3v) is 6.68. The second-order valence-electron chi connectivity index (χ2n) is 8.09. The Morgan fingerprint density at radius 2 is 1.79 bits per heavy atom. The van der Waals surface area contributed by atoms with Crippen molar-refractivity contribution in [1.82, 2.24) is 10.2 Å². The molecular weight excluding hydrogens is 504 g/mol. The van der Waals surface area contributed by atoms with Gasteiger partial charge in [-0.1, -0.05) is 42.3 Å². The summed E-state index contributed by atoms with van der Waals surface area (Å²) in [5.74, 6) is -1.68. The van der Waals surface area contributed by atoms with Crippen molar-refractivity contribution in [3.63, 3.8) is 0 Å². The first-order valence-electron chi connectivity index (χ1n) is 10.6. The van der Waals surface area contributed by atoms with Crippen LogP contribution in [-0.2, 0) is 26.2 Å². The average Bonchev–Trinajstić information content (AvgIpc) is 2.71. The number of halogens is 3. The number of sulfonamides is 1. The lowest BCUT2D eigenvalue weighted by Crippen LogP contribution is -2.53. The molecule has 0 aromatic heterocycles. The molecule has 1 atom stereocenters. The lowest BCUT2D eigenvalue weighted by Gasteiger charge is -2.33. The van der Waals surface area contributed by atoms with Crippen LogP contribution in [0.5, 0.6) is 0 Å². The number of amides is 2. The van der Waals surface area contributed by atoms with Crippen LogP contribution in [-0.4, -0.2) is 50.0 Å². The van der Waals surface area contributed by atoms with E-state index in [4.69, 9.17) is 23.2 Å². The number of hydrogen-bond donors (Lipinski definition) is 1. The summed E-state index contributed by atoms with van der Waals surface area (Å²) in [5.41, 5.74) is 0.534. The van der Waals surface area contributed by atoms with E-state index in [0.29, 0.717) is 15.6 Å². The standard InChI is InChI=1S/C23H28Cl2FN3O4S/c1-5-21(23(31)27-15(2)3)28(13-16-9-10-17(24)11-20(16)25)22(30)14-29(34(4,32)33)19-8-6-7-18(26)12-19/h6-12,15,21H,5,13-14H2,1-4H3,(H,27,31)/t21-/m0/s1. The fourth-order valence-electron chi connectivity index (χ4n) is 3.38. The maximum atomic E-state index is 13.8. The zero-order valence-corrected chi connectivity index (χ0v) is 21.7. The first-order chi connectivity index (χ1) is 15.8. The number of carbonyl (C=O) groups is 2. The summed E-state index contributed by atoms with van der Waals surface area (Å²) in [5, 5.41) is 3.50. The Labute approximate surface area is 209 Å². The van der Waals surface area contributed by atoms with Gasteiger partial charge >= 0.3 is 0 Å². The summed E-state index contributed by atoms with van der Waals surface area (Å²) < 4.78 is 39.6. The zero-order chi connectivity index (χ0) is 25.6. The maximum Gasteiger partial charge on any atom is 0.244 e. The van der Waals surface area contributed by atoms with Gasteiger partial charge in [0.15, 0.2) is 0 Å². The van der Waals surface area contributed by atoms with Gasteiger partial charge < -0.3 is 10.2 Å². The van der Waals surface area contributed by atoms with E-state index in [1.165, 1.54) is 29.2 Å². The van der Waals surface area contributed by atoms with Gasteiger partial charge in [0.25, 0.3) is 0 Å². The minimum atomic E-state index is -3.95. The number of nitrogens with zero attached hydrogens (tertiary/aromatic N) is 2. The molecule has 2 aromatic rings. The Morgan fingerprint density at radius 3 is 2.32 bits per heavy atom. The molecule has 34 heavy (non-hydrogen) atoms. The first-order valence-corrected chi connectivity index (χ1v) is 13.2. The fourth-order valence-corrected chi connectivity index (χ4v) is 4.69. The summed E-state index contributed by atoms with van der Waals surface area (Å²) in [6.07, 6.45) is 1.20. The van der Waals surface area contributed by atoms with Crippen molar-refractivity contribution in [3.8, 4) is 0 Å². The average molecular weight is 532 g/mol. The van der Waals surface area contributed by atoms with Crippen LogP contribution in [0.1, 0.15) is 32.8 Å². The van der Waals surface area contributed by atoms with Gasteiger partial charge in [-0.15, -0.1) is 0 Å². The number of hydrogen-bond acceptors (Lipinski definition) is 4. The highest BCUT2D eigenvalue weighted by molar-refractivity contribution is 7.92. The number of rotatable bonds is 10. The second-order valence-corrected chi connectivity index (χ2v) is 10.8. The monoisotopic (exact) mass is 531 g/mol. The lowest BCUT2D eigenvalue weighted by atomic mass is 10.1. The molecule has 7 nitrogen and oxygen atoms in total. The molecule has 186 valence electrons. The van der Waals surface area contributed by atoms with Crippen LogP contribution < -0.4 is 9.62 Å². The SMILES string of the molecule is CC[C@@H](C(=O)NC(C)C)N(Cc1ccc(Cl)cc1Cl)C(=O)CN(c1cccc(F)c1)S(C)(=O)=O. The van der Waals surface area contributed by atoms with Gasteiger partial charge in [0, 0.05) is 22.6 Å². The van der Waals surface area contributed by atoms with E-state index in [0.717, 1.165) is 16.6 Å². The molecule has 0 spiro atoms. The summed E-state index contributed by atoms with van der Waals surface area (Å²) in [6, 6.07) is 8.64. The Hall–Kier alpha value is -2.36. The van der Waals surface area contributed by atoms with E-state index >= 15 is 0 Å². The Balaban J connectivity index is 2.48. The molecular formula is C23H28Cl2FN3O4S. The molecule has 0 aliphatic heterocycles. The fraction of sp³-hybridized carbons (Fsp3) is 0.391. The molecule has 0 saturated carbocycles. The van der Waals surface area contributed by atoms with Crippen molar-refractivity contribution in [1.29, 1.82) is 0 Å². The molecule has 11 heteroatoms. The summed E-state index contributed by atoms with van der Waals surface area (Å²) >= 11 is 12.3. The summed E-state index contributed by atoms with van der Waals surface area (Å²) in [4.78, 5) is 27.7. The third-order valence-electron chi connectivity index (χ3n) is 4.95. The van der Waals surface area contributed by atoms with Gasteiger partial charge in [-0.3, -0.25) is 13.9 Å². The van der Waals surface area contributed by atoms with Crippen LogP contribution in [0, 0.1) is 5.82 Å². The van der Waals surface area contributed by atoms with Crippen molar-refractivity contribution < 1.29 is 22.4 Å². The highest BCUT2D eigenvalue weighted by Gasteiger charge is 2.32. The van der Waals surface area contributed by atoms with E-state index in [-0.39, 0.29) is 30.6 Å². The normalized spacial score (nSPS) is 12.4. The predicted molar refractivity (Wildman–Crippen MR) is 133 cm³/mol. The number of nitrogens with one attached hydrogen (secondary N) is 1. The largest absolute Gasteiger partial charge is 0.352 e. The van der Waals surface area contributed by atoms with Crippen molar-refractivity contribution in [2.45, 2.75) is 45.8 Å². The zero-order valence-electron chi connectivity index (χ0n) is 19.4. The molecule has 2 amide bonds. The van der Waals surface area contributed by atoms with Crippen molar-refractivity contribution in [2.24, 2.45) is 0 Å². The molecule has 0 heterocycles. The van der Waals surface area contributed by atoms with Gasteiger partial charge in [-0.2, -0.15) is 0 Å². The summed E-state index contributed by atoms with van der Waals surface area (Å²) in [6.45, 7) is 4.65. The molecule has 0 saturated heterocycles. The van der Waals surface area contributed by atoms with Crippen LogP contribution in [0.15, 0.2) is 42.5 Å². The number of benzene rings is 2. The van der Waals surface area contributed by atoms with Crippen LogP contribution in [0.25, 0.3) is 0 Å². The van der Waals surface area contributed by atoms with E-state index in [1.807, 2.05) is 0 Å². The Bertz CT molecular complexity index is 1140. The minimum absolute atomic E-state index is 0.00000532. The molecule has 1 N–H and O–H groups in total. The Kier molecular flexibility index (Phi) is 9.73. The van der Waals surface area contributed by atoms with E-state index in [1.54, 1.807) is 32.9 Å². The maximum absolute atomic E-state index is 13.8. The second kappa shape index (κ2) is 11.9. The van der Waals surface area contributed by atoms with Crippen molar-refractivity contribution in [2.75, 3.05) is 17.1 Å². The van der Waals surface area contributed by atoms with Crippen LogP contribution >= 0.6 is 23.2 Å². The van der Waals surface area contributed by atoms with E-state index in [2.05, 4.69) is 5.32 Å². The molecule has 2 rings (SSSR count). The molecule has 0 unspecified atom stereocenters. The third kappa shape index (κ3) is 7.58. The van der Waals surface area contributed by atoms with Gasteiger partial charge in [0.2, 0.25) is 21.8 Å². The molecule has 0 bridgehead atoms. The van der Waals surface area contributed by atoms with Gasteiger partial charge in [-0.25, -0.2) is 12.8 Å². The predicted octanol–water partition coefficient (Wildman–Crippen LogP) is 4.23. The molecule has 0 aliphatic rings.